The van der Waals surface area contributed by atoms with Gasteiger partial charge in [0.2, 0.25) is 0 Å². The second kappa shape index (κ2) is 5.10. The maximum Gasteiger partial charge on any atom is 0.334 e. The van der Waals surface area contributed by atoms with E-state index in [9.17, 15) is 9.59 Å². The maximum atomic E-state index is 11.4. The van der Waals surface area contributed by atoms with Gasteiger partial charge >= 0.3 is 5.97 Å². The minimum absolute atomic E-state index is 0.0418. The van der Waals surface area contributed by atoms with E-state index in [0.717, 1.165) is 25.7 Å². The van der Waals surface area contributed by atoms with Crippen LogP contribution in [0.5, 0.6) is 0 Å². The predicted molar refractivity (Wildman–Crippen MR) is 57.4 cm³/mol. The molecule has 1 unspecified atom stereocenters. The Morgan fingerprint density at radius 2 is 2.07 bits per heavy atom. The first-order chi connectivity index (χ1) is 7.07. The topological polar surface area (TPSA) is 43.4 Å². The highest BCUT2D eigenvalue weighted by atomic mass is 16.5. The summed E-state index contributed by atoms with van der Waals surface area (Å²) in [7, 11) is 0. The van der Waals surface area contributed by atoms with Gasteiger partial charge in [0, 0.05) is 11.1 Å². The first kappa shape index (κ1) is 12.0. The van der Waals surface area contributed by atoms with Crippen LogP contribution in [0.3, 0.4) is 0 Å². The van der Waals surface area contributed by atoms with Gasteiger partial charge in [0.05, 0.1) is 0 Å². The van der Waals surface area contributed by atoms with Crippen molar-refractivity contribution >= 4 is 11.8 Å². The molecule has 15 heavy (non-hydrogen) atoms. The monoisotopic (exact) mass is 210 g/mol. The lowest BCUT2D eigenvalue weighted by Crippen LogP contribution is -2.15. The van der Waals surface area contributed by atoms with Crippen molar-refractivity contribution < 1.29 is 14.3 Å². The summed E-state index contributed by atoms with van der Waals surface area (Å²) < 4.78 is 5.16. The molecule has 84 valence electrons. The van der Waals surface area contributed by atoms with Crippen molar-refractivity contribution in [1.82, 2.24) is 0 Å². The fourth-order valence-electron chi connectivity index (χ4n) is 1.90. The van der Waals surface area contributed by atoms with Crippen molar-refractivity contribution in [3.63, 3.8) is 0 Å². The summed E-state index contributed by atoms with van der Waals surface area (Å²) in [4.78, 5) is 22.7. The van der Waals surface area contributed by atoms with Gasteiger partial charge in [-0.15, -0.1) is 0 Å². The van der Waals surface area contributed by atoms with Gasteiger partial charge in [-0.3, -0.25) is 4.79 Å². The number of esters is 1. The van der Waals surface area contributed by atoms with Crippen LogP contribution >= 0.6 is 0 Å². The lowest BCUT2D eigenvalue weighted by molar-refractivity contribution is -0.140. The van der Waals surface area contributed by atoms with Crippen molar-refractivity contribution in [2.45, 2.75) is 52.6 Å². The van der Waals surface area contributed by atoms with Crippen LogP contribution in [0.4, 0.5) is 0 Å². The van der Waals surface area contributed by atoms with Crippen molar-refractivity contribution in [3.05, 3.63) is 11.1 Å². The first-order valence-electron chi connectivity index (χ1n) is 5.50. The standard InChI is InChI=1S/C12H18O3/c1-4-5-6-7-10-11(9(3)13)8(2)12(14)15-10/h10H,4-7H2,1-3H3. The molecule has 1 atom stereocenters. The number of cyclic esters (lactones) is 1. The largest absolute Gasteiger partial charge is 0.454 e. The highest BCUT2D eigenvalue weighted by Gasteiger charge is 2.33. The van der Waals surface area contributed by atoms with E-state index in [1.165, 1.54) is 6.92 Å². The average Bonchev–Trinajstić information content (AvgIpc) is 2.43. The quantitative estimate of drug-likeness (QED) is 0.517. The van der Waals surface area contributed by atoms with Crippen LogP contribution in [0, 0.1) is 0 Å². The molecule has 0 aliphatic carbocycles. The number of ketones is 1. The van der Waals surface area contributed by atoms with Crippen molar-refractivity contribution in [2.24, 2.45) is 0 Å². The zero-order valence-electron chi connectivity index (χ0n) is 9.63. The summed E-state index contributed by atoms with van der Waals surface area (Å²) in [5, 5.41) is 0. The van der Waals surface area contributed by atoms with Gasteiger partial charge in [-0.2, -0.15) is 0 Å². The number of hydrogen-bond acceptors (Lipinski definition) is 3. The molecule has 1 aliphatic heterocycles. The SMILES string of the molecule is CCCCCC1OC(=O)C(C)=C1C(C)=O. The molecular formula is C12H18O3. The van der Waals surface area contributed by atoms with Crippen LogP contribution in [-0.2, 0) is 14.3 Å². The molecule has 0 bridgehead atoms. The lowest BCUT2D eigenvalue weighted by Gasteiger charge is -2.11. The molecule has 0 radical (unpaired) electrons. The molecular weight excluding hydrogens is 192 g/mol. The van der Waals surface area contributed by atoms with Crippen molar-refractivity contribution in [1.29, 1.82) is 0 Å². The molecule has 0 aromatic rings. The summed E-state index contributed by atoms with van der Waals surface area (Å²) in [5.41, 5.74) is 1.07. The Bertz CT molecular complexity index is 302. The fourth-order valence-corrected chi connectivity index (χ4v) is 1.90. The molecule has 0 fully saturated rings. The number of carbonyl (C=O) groups is 2. The van der Waals surface area contributed by atoms with Gasteiger partial charge in [-0.05, 0) is 26.7 Å². The fraction of sp³-hybridized carbons (Fsp3) is 0.667. The van der Waals surface area contributed by atoms with Gasteiger partial charge in [-0.25, -0.2) is 4.79 Å². The van der Waals surface area contributed by atoms with Gasteiger partial charge in [0.15, 0.2) is 5.78 Å². The van der Waals surface area contributed by atoms with Crippen LogP contribution in [0.25, 0.3) is 0 Å². The number of rotatable bonds is 5. The van der Waals surface area contributed by atoms with Crippen molar-refractivity contribution in [2.75, 3.05) is 0 Å². The second-order valence-electron chi connectivity index (χ2n) is 3.98. The zero-order chi connectivity index (χ0) is 11.4. The smallest absolute Gasteiger partial charge is 0.334 e. The van der Waals surface area contributed by atoms with E-state index < -0.39 is 0 Å². The molecule has 0 aromatic heterocycles. The van der Waals surface area contributed by atoms with Crippen LogP contribution < -0.4 is 0 Å². The van der Waals surface area contributed by atoms with E-state index in [4.69, 9.17) is 4.74 Å². The number of hydrogen-bond donors (Lipinski definition) is 0. The molecule has 0 amide bonds. The number of carbonyl (C=O) groups excluding carboxylic acids is 2. The Kier molecular flexibility index (Phi) is 4.06. The maximum absolute atomic E-state index is 11.4. The Morgan fingerprint density at radius 3 is 2.60 bits per heavy atom. The summed E-state index contributed by atoms with van der Waals surface area (Å²) >= 11 is 0. The summed E-state index contributed by atoms with van der Waals surface area (Å²) in [6.45, 7) is 5.28. The third-order valence-corrected chi connectivity index (χ3v) is 2.73. The molecule has 3 heteroatoms. The van der Waals surface area contributed by atoms with Gasteiger partial charge < -0.3 is 4.74 Å². The van der Waals surface area contributed by atoms with E-state index in [-0.39, 0.29) is 17.9 Å². The van der Waals surface area contributed by atoms with E-state index in [1.807, 2.05) is 0 Å². The highest BCUT2D eigenvalue weighted by Crippen LogP contribution is 2.26. The van der Waals surface area contributed by atoms with E-state index in [1.54, 1.807) is 6.92 Å². The molecule has 1 rings (SSSR count). The van der Waals surface area contributed by atoms with Gasteiger partial charge in [0.1, 0.15) is 6.10 Å². The molecule has 0 saturated carbocycles. The summed E-state index contributed by atoms with van der Waals surface area (Å²) in [5.74, 6) is -0.374. The number of ether oxygens (including phenoxy) is 1. The third-order valence-electron chi connectivity index (χ3n) is 2.73. The van der Waals surface area contributed by atoms with Crippen LogP contribution in [0.15, 0.2) is 11.1 Å². The summed E-state index contributed by atoms with van der Waals surface area (Å²) in [6, 6.07) is 0. The molecule has 1 aliphatic rings. The zero-order valence-corrected chi connectivity index (χ0v) is 9.63. The Labute approximate surface area is 90.5 Å². The molecule has 3 nitrogen and oxygen atoms in total. The lowest BCUT2D eigenvalue weighted by atomic mass is 9.98. The minimum Gasteiger partial charge on any atom is -0.454 e. The molecule has 0 saturated heterocycles. The Balaban J connectivity index is 2.67. The molecule has 0 spiro atoms. The predicted octanol–water partition coefficient (Wildman–Crippen LogP) is 2.40. The minimum atomic E-state index is -0.332. The molecule has 0 aromatic carbocycles. The Hall–Kier alpha value is -1.12. The average molecular weight is 210 g/mol. The molecule has 1 heterocycles. The number of unbranched alkanes of at least 4 members (excludes halogenated alkanes) is 2. The highest BCUT2D eigenvalue weighted by molar-refractivity contribution is 6.06. The second-order valence-corrected chi connectivity index (χ2v) is 3.98. The van der Waals surface area contributed by atoms with Gasteiger partial charge in [0.25, 0.3) is 0 Å². The van der Waals surface area contributed by atoms with Gasteiger partial charge in [-0.1, -0.05) is 19.8 Å². The van der Waals surface area contributed by atoms with E-state index >= 15 is 0 Å². The van der Waals surface area contributed by atoms with Crippen LogP contribution in [0.1, 0.15) is 46.5 Å². The molecule has 0 N–H and O–H groups in total. The number of Topliss-reactive ketones (excluding diaryl/α,β-unsaturated/α-hetero) is 1. The Morgan fingerprint density at radius 1 is 1.40 bits per heavy atom. The third kappa shape index (κ3) is 2.67. The van der Waals surface area contributed by atoms with E-state index in [2.05, 4.69) is 6.92 Å². The van der Waals surface area contributed by atoms with E-state index in [0.29, 0.717) is 11.1 Å². The summed E-state index contributed by atoms with van der Waals surface area (Å²) in [6.07, 6.45) is 3.71. The first-order valence-corrected chi connectivity index (χ1v) is 5.50. The van der Waals surface area contributed by atoms with Crippen molar-refractivity contribution in [3.8, 4) is 0 Å². The van der Waals surface area contributed by atoms with Crippen LogP contribution in [-0.4, -0.2) is 17.9 Å². The van der Waals surface area contributed by atoms with Crippen LogP contribution in [0.2, 0.25) is 0 Å². The normalized spacial score (nSPS) is 20.7.